The van der Waals surface area contributed by atoms with Gasteiger partial charge in [-0.05, 0) is 18.2 Å². The molecule has 1 aliphatic rings. The molecule has 0 bridgehead atoms. The number of benzene rings is 2. The van der Waals surface area contributed by atoms with Crippen molar-refractivity contribution in [1.29, 1.82) is 0 Å². The fourth-order valence-corrected chi connectivity index (χ4v) is 2.50. The average molecular weight is 308 g/mol. The lowest BCUT2D eigenvalue weighted by Gasteiger charge is -2.17. The van der Waals surface area contributed by atoms with Gasteiger partial charge in [0.05, 0.1) is 22.8 Å². The van der Waals surface area contributed by atoms with Gasteiger partial charge in [0.15, 0.2) is 0 Å². The van der Waals surface area contributed by atoms with E-state index in [1.165, 1.54) is 30.3 Å². The fraction of sp³-hybridized carbons (Fsp3) is 0.0667. The summed E-state index contributed by atoms with van der Waals surface area (Å²) in [4.78, 5) is 24.7. The van der Waals surface area contributed by atoms with Crippen LogP contribution in [0.3, 0.4) is 0 Å². The van der Waals surface area contributed by atoms with E-state index in [0.717, 1.165) is 11.0 Å². The smallest absolute Gasteiger partial charge is 0.297 e. The molecule has 0 atom stereocenters. The first-order valence-corrected chi connectivity index (χ1v) is 6.46. The van der Waals surface area contributed by atoms with Crippen molar-refractivity contribution in [2.24, 2.45) is 0 Å². The van der Waals surface area contributed by atoms with E-state index in [1.54, 1.807) is 0 Å². The molecule has 0 aromatic heterocycles. The monoisotopic (exact) mass is 307 g/mol. The predicted molar refractivity (Wildman–Crippen MR) is 73.3 cm³/mol. The molecule has 1 heterocycles. The van der Waals surface area contributed by atoms with Crippen molar-refractivity contribution in [2.45, 2.75) is 6.54 Å². The number of rotatable bonds is 2. The van der Waals surface area contributed by atoms with Crippen LogP contribution >= 0.6 is 11.6 Å². The summed E-state index contributed by atoms with van der Waals surface area (Å²) in [5.74, 6) is -3.07. The summed E-state index contributed by atoms with van der Waals surface area (Å²) < 4.78 is 27.8. The second kappa shape index (κ2) is 4.93. The van der Waals surface area contributed by atoms with Crippen molar-refractivity contribution in [3.05, 3.63) is 64.2 Å². The average Bonchev–Trinajstić information content (AvgIpc) is 2.70. The van der Waals surface area contributed by atoms with Gasteiger partial charge in [-0.1, -0.05) is 29.8 Å². The minimum absolute atomic E-state index is 0.0116. The summed E-state index contributed by atoms with van der Waals surface area (Å²) in [6.07, 6.45) is 0. The highest BCUT2D eigenvalue weighted by Crippen LogP contribution is 2.33. The quantitative estimate of drug-likeness (QED) is 0.798. The number of amides is 1. The van der Waals surface area contributed by atoms with Gasteiger partial charge in [-0.3, -0.25) is 14.5 Å². The Hall–Kier alpha value is -2.27. The Labute approximate surface area is 123 Å². The lowest BCUT2D eigenvalue weighted by molar-refractivity contribution is -0.114. The highest BCUT2D eigenvalue weighted by Gasteiger charge is 2.38. The van der Waals surface area contributed by atoms with Gasteiger partial charge < -0.3 is 0 Å². The van der Waals surface area contributed by atoms with Crippen LogP contribution in [0, 0.1) is 11.6 Å². The SMILES string of the molecule is O=C1C(=O)N(Cc2cccc(Cl)c2F)c2c(F)cccc21. The number of carbonyl (C=O) groups is 2. The summed E-state index contributed by atoms with van der Waals surface area (Å²) >= 11 is 5.68. The first-order valence-electron chi connectivity index (χ1n) is 6.08. The van der Waals surface area contributed by atoms with Crippen molar-refractivity contribution in [1.82, 2.24) is 0 Å². The maximum absolute atomic E-state index is 13.9. The Bertz CT molecular complexity index is 776. The Balaban J connectivity index is 2.07. The third-order valence-electron chi connectivity index (χ3n) is 3.30. The zero-order chi connectivity index (χ0) is 15.1. The Kier molecular flexibility index (Phi) is 3.22. The van der Waals surface area contributed by atoms with E-state index >= 15 is 0 Å². The van der Waals surface area contributed by atoms with Crippen LogP contribution in [0.4, 0.5) is 14.5 Å². The largest absolute Gasteiger partial charge is 0.299 e. The van der Waals surface area contributed by atoms with Crippen molar-refractivity contribution < 1.29 is 18.4 Å². The summed E-state index contributed by atoms with van der Waals surface area (Å²) in [7, 11) is 0. The number of nitrogens with zero attached hydrogens (tertiary/aromatic N) is 1. The second-order valence-electron chi connectivity index (χ2n) is 4.57. The van der Waals surface area contributed by atoms with Gasteiger partial charge in [0.1, 0.15) is 11.6 Å². The Morgan fingerprint density at radius 2 is 1.76 bits per heavy atom. The summed E-state index contributed by atoms with van der Waals surface area (Å²) in [6.45, 7) is -0.259. The van der Waals surface area contributed by atoms with Crippen LogP contribution in [0.1, 0.15) is 15.9 Å². The lowest BCUT2D eigenvalue weighted by atomic mass is 10.1. The number of fused-ring (bicyclic) bond motifs is 1. The molecule has 0 N–H and O–H groups in total. The van der Waals surface area contributed by atoms with Gasteiger partial charge in [0, 0.05) is 5.56 Å². The molecule has 0 saturated carbocycles. The lowest BCUT2D eigenvalue weighted by Crippen LogP contribution is -2.30. The first kappa shape index (κ1) is 13.7. The predicted octanol–water partition coefficient (Wildman–Crippen LogP) is 3.35. The maximum atomic E-state index is 13.9. The third kappa shape index (κ3) is 2.10. The molecule has 0 unspecified atom stereocenters. The minimum atomic E-state index is -0.880. The molecule has 2 aromatic carbocycles. The molecule has 0 aliphatic carbocycles. The topological polar surface area (TPSA) is 37.4 Å². The van der Waals surface area contributed by atoms with E-state index in [-0.39, 0.29) is 28.4 Å². The van der Waals surface area contributed by atoms with Crippen LogP contribution in [-0.2, 0) is 11.3 Å². The van der Waals surface area contributed by atoms with Crippen LogP contribution < -0.4 is 4.90 Å². The van der Waals surface area contributed by atoms with Gasteiger partial charge in [-0.15, -0.1) is 0 Å². The van der Waals surface area contributed by atoms with Crippen LogP contribution in [-0.4, -0.2) is 11.7 Å². The standard InChI is InChI=1S/C15H8ClF2NO2/c16-10-5-1-3-8(12(10)18)7-19-13-9(14(20)15(19)21)4-2-6-11(13)17/h1-6H,7H2. The molecule has 0 saturated heterocycles. The van der Waals surface area contributed by atoms with Gasteiger partial charge >= 0.3 is 0 Å². The number of carbonyl (C=O) groups excluding carboxylic acids is 2. The summed E-state index contributed by atoms with van der Waals surface area (Å²) in [5, 5.41) is -0.0979. The molecule has 0 radical (unpaired) electrons. The van der Waals surface area contributed by atoms with Crippen LogP contribution in [0.2, 0.25) is 5.02 Å². The van der Waals surface area contributed by atoms with E-state index in [2.05, 4.69) is 0 Å². The van der Waals surface area contributed by atoms with E-state index in [4.69, 9.17) is 11.6 Å². The zero-order valence-corrected chi connectivity index (χ0v) is 11.3. The van der Waals surface area contributed by atoms with Crippen LogP contribution in [0.15, 0.2) is 36.4 Å². The maximum Gasteiger partial charge on any atom is 0.299 e. The normalized spacial score (nSPS) is 13.8. The molecule has 6 heteroatoms. The molecule has 0 fully saturated rings. The number of hydrogen-bond acceptors (Lipinski definition) is 2. The van der Waals surface area contributed by atoms with E-state index in [9.17, 15) is 18.4 Å². The number of halogens is 3. The Morgan fingerprint density at radius 1 is 1.05 bits per heavy atom. The highest BCUT2D eigenvalue weighted by molar-refractivity contribution is 6.52. The number of anilines is 1. The molecule has 3 nitrogen and oxygen atoms in total. The second-order valence-corrected chi connectivity index (χ2v) is 4.98. The number of ketones is 1. The summed E-state index contributed by atoms with van der Waals surface area (Å²) in [5.41, 5.74) is -0.0194. The highest BCUT2D eigenvalue weighted by atomic mass is 35.5. The molecule has 0 spiro atoms. The number of para-hydroxylation sites is 1. The molecular formula is C15H8ClF2NO2. The van der Waals surface area contributed by atoms with Crippen LogP contribution in [0.25, 0.3) is 0 Å². The molecule has 106 valence electrons. The molecule has 2 aromatic rings. The third-order valence-corrected chi connectivity index (χ3v) is 3.59. The molecule has 1 aliphatic heterocycles. The van der Waals surface area contributed by atoms with Crippen molar-refractivity contribution in [3.63, 3.8) is 0 Å². The van der Waals surface area contributed by atoms with Crippen LogP contribution in [0.5, 0.6) is 0 Å². The molecule has 1 amide bonds. The summed E-state index contributed by atoms with van der Waals surface area (Å²) in [6, 6.07) is 8.18. The zero-order valence-electron chi connectivity index (χ0n) is 10.6. The molecule has 21 heavy (non-hydrogen) atoms. The minimum Gasteiger partial charge on any atom is -0.297 e. The number of Topliss-reactive ketones (excluding diaryl/α,β-unsaturated/α-hetero) is 1. The Morgan fingerprint density at radius 3 is 2.52 bits per heavy atom. The van der Waals surface area contributed by atoms with E-state index in [1.807, 2.05) is 0 Å². The van der Waals surface area contributed by atoms with Crippen molar-refractivity contribution in [2.75, 3.05) is 4.90 Å². The molecule has 3 rings (SSSR count). The van der Waals surface area contributed by atoms with Gasteiger partial charge in [-0.2, -0.15) is 0 Å². The van der Waals surface area contributed by atoms with Gasteiger partial charge in [-0.25, -0.2) is 8.78 Å². The molecular weight excluding hydrogens is 300 g/mol. The number of hydrogen-bond donors (Lipinski definition) is 0. The van der Waals surface area contributed by atoms with E-state index < -0.39 is 23.3 Å². The van der Waals surface area contributed by atoms with Gasteiger partial charge in [0.2, 0.25) is 0 Å². The van der Waals surface area contributed by atoms with E-state index in [0.29, 0.717) is 0 Å². The first-order chi connectivity index (χ1) is 10.0. The van der Waals surface area contributed by atoms with Crippen molar-refractivity contribution in [3.8, 4) is 0 Å². The van der Waals surface area contributed by atoms with Crippen molar-refractivity contribution >= 4 is 29.0 Å². The van der Waals surface area contributed by atoms with Gasteiger partial charge in [0.25, 0.3) is 11.7 Å². The fourth-order valence-electron chi connectivity index (χ4n) is 2.30.